The van der Waals surface area contributed by atoms with Crippen LogP contribution < -0.4 is 5.73 Å². The van der Waals surface area contributed by atoms with Crippen LogP contribution in [0.25, 0.3) is 10.1 Å². The normalized spacial score (nSPS) is 13.1. The lowest BCUT2D eigenvalue weighted by molar-refractivity contribution is 0.630. The Morgan fingerprint density at radius 3 is 2.58 bits per heavy atom. The SMILES string of the molecule is Cc1sc(C(N)c2cc3ccc(F)cc3s2)cc1Br. The second-order valence-electron chi connectivity index (χ2n) is 4.36. The molecule has 2 aromatic heterocycles. The predicted molar refractivity (Wildman–Crippen MR) is 84.6 cm³/mol. The first-order chi connectivity index (χ1) is 9.04. The van der Waals surface area contributed by atoms with Crippen molar-refractivity contribution in [2.24, 2.45) is 5.73 Å². The van der Waals surface area contributed by atoms with Gasteiger partial charge in [0.15, 0.2) is 0 Å². The fraction of sp³-hybridized carbons (Fsp3) is 0.143. The van der Waals surface area contributed by atoms with Crippen molar-refractivity contribution < 1.29 is 4.39 Å². The topological polar surface area (TPSA) is 26.0 Å². The van der Waals surface area contributed by atoms with Crippen LogP contribution >= 0.6 is 38.6 Å². The van der Waals surface area contributed by atoms with Crippen molar-refractivity contribution in [1.29, 1.82) is 0 Å². The highest BCUT2D eigenvalue weighted by molar-refractivity contribution is 9.10. The molecule has 0 aliphatic heterocycles. The molecule has 0 bridgehead atoms. The number of rotatable bonds is 2. The highest BCUT2D eigenvalue weighted by Crippen LogP contribution is 2.37. The largest absolute Gasteiger partial charge is 0.319 e. The Hall–Kier alpha value is -0.750. The monoisotopic (exact) mass is 355 g/mol. The molecule has 1 unspecified atom stereocenters. The lowest BCUT2D eigenvalue weighted by Gasteiger charge is -2.05. The van der Waals surface area contributed by atoms with E-state index in [1.807, 2.05) is 6.07 Å². The summed E-state index contributed by atoms with van der Waals surface area (Å²) < 4.78 is 15.2. The van der Waals surface area contributed by atoms with E-state index in [2.05, 4.69) is 28.9 Å². The summed E-state index contributed by atoms with van der Waals surface area (Å²) >= 11 is 6.76. The number of nitrogens with two attached hydrogens (primary N) is 1. The number of thiophene rings is 2. The third kappa shape index (κ3) is 2.48. The van der Waals surface area contributed by atoms with Gasteiger partial charge in [0.1, 0.15) is 5.82 Å². The van der Waals surface area contributed by atoms with E-state index in [9.17, 15) is 4.39 Å². The van der Waals surface area contributed by atoms with E-state index in [0.29, 0.717) is 0 Å². The maximum atomic E-state index is 13.2. The van der Waals surface area contributed by atoms with Gasteiger partial charge < -0.3 is 5.73 Å². The highest BCUT2D eigenvalue weighted by atomic mass is 79.9. The van der Waals surface area contributed by atoms with Gasteiger partial charge in [-0.25, -0.2) is 4.39 Å². The van der Waals surface area contributed by atoms with E-state index in [1.165, 1.54) is 10.9 Å². The predicted octanol–water partition coefficient (Wildman–Crippen LogP) is 5.22. The van der Waals surface area contributed by atoms with Crippen LogP contribution in [-0.2, 0) is 0 Å². The molecule has 0 saturated heterocycles. The Morgan fingerprint density at radius 2 is 1.89 bits per heavy atom. The van der Waals surface area contributed by atoms with Crippen molar-refractivity contribution >= 4 is 48.7 Å². The summed E-state index contributed by atoms with van der Waals surface area (Å²) in [6, 6.07) is 8.81. The summed E-state index contributed by atoms with van der Waals surface area (Å²) in [4.78, 5) is 3.41. The van der Waals surface area contributed by atoms with Crippen molar-refractivity contribution in [3.63, 3.8) is 0 Å². The maximum Gasteiger partial charge on any atom is 0.124 e. The molecule has 0 aliphatic carbocycles. The molecule has 0 aliphatic rings. The zero-order valence-electron chi connectivity index (χ0n) is 10.1. The standard InChI is InChI=1S/C14H11BrFNS2/c1-7-10(15)6-13(18-7)14(17)12-4-8-2-3-9(16)5-11(8)19-12/h2-6,14H,17H2,1H3. The average Bonchev–Trinajstić information content (AvgIpc) is 2.92. The van der Waals surface area contributed by atoms with Gasteiger partial charge in [-0.2, -0.15) is 0 Å². The first-order valence-electron chi connectivity index (χ1n) is 5.75. The van der Waals surface area contributed by atoms with E-state index in [-0.39, 0.29) is 11.9 Å². The zero-order valence-corrected chi connectivity index (χ0v) is 13.3. The maximum absolute atomic E-state index is 13.2. The van der Waals surface area contributed by atoms with Gasteiger partial charge in [0.2, 0.25) is 0 Å². The quantitative estimate of drug-likeness (QED) is 0.669. The van der Waals surface area contributed by atoms with Crippen LogP contribution in [0.5, 0.6) is 0 Å². The molecule has 0 amide bonds. The molecule has 2 heterocycles. The van der Waals surface area contributed by atoms with E-state index in [0.717, 1.165) is 24.3 Å². The van der Waals surface area contributed by atoms with Gasteiger partial charge >= 0.3 is 0 Å². The molecule has 98 valence electrons. The molecule has 0 radical (unpaired) electrons. The van der Waals surface area contributed by atoms with E-state index < -0.39 is 0 Å². The van der Waals surface area contributed by atoms with E-state index in [4.69, 9.17) is 5.73 Å². The average molecular weight is 356 g/mol. The summed E-state index contributed by atoms with van der Waals surface area (Å²) in [5.74, 6) is -0.204. The number of aryl methyl sites for hydroxylation is 1. The number of halogens is 2. The number of fused-ring (bicyclic) bond motifs is 1. The Labute approximate surface area is 127 Å². The first kappa shape index (κ1) is 13.2. The van der Waals surface area contributed by atoms with Gasteiger partial charge in [0.05, 0.1) is 6.04 Å². The van der Waals surface area contributed by atoms with Gasteiger partial charge in [-0.3, -0.25) is 0 Å². The van der Waals surface area contributed by atoms with Crippen LogP contribution in [0.2, 0.25) is 0 Å². The van der Waals surface area contributed by atoms with Crippen molar-refractivity contribution in [2.75, 3.05) is 0 Å². The van der Waals surface area contributed by atoms with Gasteiger partial charge in [-0.05, 0) is 52.5 Å². The van der Waals surface area contributed by atoms with Gasteiger partial charge in [0.25, 0.3) is 0 Å². The van der Waals surface area contributed by atoms with E-state index in [1.54, 1.807) is 34.8 Å². The van der Waals surface area contributed by atoms with Crippen LogP contribution in [-0.4, -0.2) is 0 Å². The van der Waals surface area contributed by atoms with Gasteiger partial charge in [-0.15, -0.1) is 22.7 Å². The molecule has 0 fully saturated rings. The van der Waals surface area contributed by atoms with Gasteiger partial charge in [0, 0.05) is 23.8 Å². The number of hydrogen-bond acceptors (Lipinski definition) is 3. The highest BCUT2D eigenvalue weighted by Gasteiger charge is 2.16. The third-order valence-electron chi connectivity index (χ3n) is 2.99. The second kappa shape index (κ2) is 4.98. The lowest BCUT2D eigenvalue weighted by Crippen LogP contribution is -2.07. The molecule has 1 atom stereocenters. The molecular formula is C14H11BrFNS2. The summed E-state index contributed by atoms with van der Waals surface area (Å²) in [6.07, 6.45) is 0. The Bertz CT molecular complexity index is 728. The fourth-order valence-electron chi connectivity index (χ4n) is 1.95. The molecule has 3 aromatic rings. The van der Waals surface area contributed by atoms with Crippen LogP contribution in [0.4, 0.5) is 4.39 Å². The minimum atomic E-state index is -0.204. The summed E-state index contributed by atoms with van der Waals surface area (Å²) in [5, 5.41) is 1.05. The number of benzene rings is 1. The molecule has 1 nitrogen and oxygen atoms in total. The van der Waals surface area contributed by atoms with Gasteiger partial charge in [-0.1, -0.05) is 6.07 Å². The summed E-state index contributed by atoms with van der Waals surface area (Å²) in [6.45, 7) is 2.06. The summed E-state index contributed by atoms with van der Waals surface area (Å²) in [5.41, 5.74) is 6.31. The van der Waals surface area contributed by atoms with Crippen LogP contribution in [0.1, 0.15) is 20.7 Å². The molecule has 2 N–H and O–H groups in total. The minimum Gasteiger partial charge on any atom is -0.319 e. The molecule has 0 spiro atoms. The van der Waals surface area contributed by atoms with Crippen LogP contribution in [0.3, 0.4) is 0 Å². The fourth-order valence-corrected chi connectivity index (χ4v) is 4.72. The Balaban J connectivity index is 2.03. The molecule has 1 aromatic carbocycles. The lowest BCUT2D eigenvalue weighted by atomic mass is 10.2. The summed E-state index contributed by atoms with van der Waals surface area (Å²) in [7, 11) is 0. The molecule has 5 heteroatoms. The van der Waals surface area contributed by atoms with Crippen LogP contribution in [0.15, 0.2) is 34.8 Å². The van der Waals surface area contributed by atoms with Crippen molar-refractivity contribution in [3.8, 4) is 0 Å². The van der Waals surface area contributed by atoms with Crippen LogP contribution in [0, 0.1) is 12.7 Å². The Morgan fingerprint density at radius 1 is 1.16 bits per heavy atom. The minimum absolute atomic E-state index is 0.143. The third-order valence-corrected chi connectivity index (χ3v) is 6.39. The van der Waals surface area contributed by atoms with Crippen molar-refractivity contribution in [1.82, 2.24) is 0 Å². The molecule has 19 heavy (non-hydrogen) atoms. The van der Waals surface area contributed by atoms with Crippen molar-refractivity contribution in [3.05, 3.63) is 55.3 Å². The smallest absolute Gasteiger partial charge is 0.124 e. The van der Waals surface area contributed by atoms with Crippen molar-refractivity contribution in [2.45, 2.75) is 13.0 Å². The first-order valence-corrected chi connectivity index (χ1v) is 8.17. The zero-order chi connectivity index (χ0) is 13.6. The molecular weight excluding hydrogens is 345 g/mol. The van der Waals surface area contributed by atoms with E-state index >= 15 is 0 Å². The molecule has 0 saturated carbocycles. The Kier molecular flexibility index (Phi) is 3.47. The molecule has 3 rings (SSSR count). The number of hydrogen-bond donors (Lipinski definition) is 1. The second-order valence-corrected chi connectivity index (χ2v) is 7.62.